The van der Waals surface area contributed by atoms with Crippen molar-refractivity contribution in [1.29, 1.82) is 2.86 Å². The van der Waals surface area contributed by atoms with E-state index in [2.05, 4.69) is 4.89 Å². The zero-order valence-corrected chi connectivity index (χ0v) is 1.80. The molecule has 0 aromatic rings. The van der Waals surface area contributed by atoms with Crippen LogP contribution in [0.1, 0.15) is 0 Å². The molecule has 0 aliphatic carbocycles. The zero-order valence-electron chi connectivity index (χ0n) is 3.80. The van der Waals surface area contributed by atoms with Gasteiger partial charge in [0.1, 0.15) is 0 Å². The van der Waals surface area contributed by atoms with Crippen molar-refractivity contribution in [2.75, 3.05) is 0 Å². The number of rotatable bonds is 2. The molecule has 0 unspecified atom stereocenters. The van der Waals surface area contributed by atoms with E-state index in [9.17, 15) is 0 Å². The molecule has 0 aliphatic rings. The van der Waals surface area contributed by atoms with Crippen LogP contribution >= 0.6 is 0 Å². The quantitative estimate of drug-likeness (QED) is 0.175. The molecule has 0 heterocycles. The van der Waals surface area contributed by atoms with Gasteiger partial charge in [0.05, 0.1) is 0 Å². The Morgan fingerprint density at radius 3 is 3.25 bits per heavy atom. The van der Waals surface area contributed by atoms with E-state index in [1.165, 1.54) is 0 Å². The zero-order chi connectivity index (χ0) is 4.99. The van der Waals surface area contributed by atoms with Crippen molar-refractivity contribution in [2.45, 2.75) is 0 Å². The number of hydrogen-bond acceptors (Lipinski definition) is 2. The summed E-state index contributed by atoms with van der Waals surface area (Å²) in [6, 6.07) is 0. The van der Waals surface area contributed by atoms with Crippen LogP contribution in [0.2, 0.25) is 0 Å². The van der Waals surface area contributed by atoms with Gasteiger partial charge in [-0.25, -0.2) is 10.1 Å². The Bertz CT molecular complexity index is 44.1. The van der Waals surface area contributed by atoms with Crippen LogP contribution in [-0.2, 0) is 9.68 Å². The van der Waals surface area contributed by atoms with Crippen molar-refractivity contribution >= 4 is 6.47 Å². The molecular formula is CH3O3+. The molecule has 3 nitrogen and oxygen atoms in total. The molecule has 0 bridgehead atoms. The highest BCUT2D eigenvalue weighted by atomic mass is 17.1. The van der Waals surface area contributed by atoms with Gasteiger partial charge in [-0.05, 0) is 0 Å². The first-order chi connectivity index (χ1) is 2.77. The van der Waals surface area contributed by atoms with Crippen molar-refractivity contribution in [2.24, 2.45) is 0 Å². The summed E-state index contributed by atoms with van der Waals surface area (Å²) < 4.78 is 11.9. The van der Waals surface area contributed by atoms with Gasteiger partial charge in [0.2, 0.25) is 0 Å². The smallest absolute Gasteiger partial charge is 0.247 e. The van der Waals surface area contributed by atoms with E-state index >= 15 is 0 Å². The summed E-state index contributed by atoms with van der Waals surface area (Å²) in [7, 11) is 0. The Labute approximate surface area is 25.7 Å². The number of carbonyl (C=O) groups excluding carboxylic acids is 1. The van der Waals surface area contributed by atoms with E-state index < -0.39 is 0 Å². The number of carbonyl (C=O) groups is 1. The maximum Gasteiger partial charge on any atom is 0.555 e. The Kier molecular flexibility index (Phi) is 0.627. The summed E-state index contributed by atoms with van der Waals surface area (Å²) >= 11 is 0. The highest BCUT2D eigenvalue weighted by Crippen LogP contribution is 1.33. The predicted octanol–water partition coefficient (Wildman–Crippen LogP) is -1.20. The maximum absolute atomic E-state index is 9.09. The molecular weight excluding hydrogens is 60.0 g/mol. The lowest BCUT2D eigenvalue weighted by Crippen LogP contribution is -1.69. The summed E-state index contributed by atoms with van der Waals surface area (Å²) in [5.41, 5.74) is 0. The van der Waals surface area contributed by atoms with Crippen LogP contribution in [0.15, 0.2) is 0 Å². The Morgan fingerprint density at radius 1 is 2.50 bits per heavy atom. The van der Waals surface area contributed by atoms with E-state index in [0.717, 1.165) is 0 Å². The van der Waals surface area contributed by atoms with Crippen LogP contribution in [0.4, 0.5) is 0 Å². The molecule has 0 spiro atoms. The van der Waals surface area contributed by atoms with Gasteiger partial charge < -0.3 is 0 Å². The normalized spacial score (nSPS) is 13.2. The average molecular weight is 65.0 g/mol. The lowest BCUT2D eigenvalue weighted by molar-refractivity contribution is -0.217. The maximum atomic E-state index is 9.09. The van der Waals surface area contributed by atoms with E-state index in [4.69, 9.17) is 7.66 Å². The molecule has 0 saturated heterocycles. The van der Waals surface area contributed by atoms with Crippen LogP contribution < -0.4 is 0 Å². The van der Waals surface area contributed by atoms with Gasteiger partial charge in [-0.1, -0.05) is 0 Å². The van der Waals surface area contributed by atoms with E-state index in [0.29, 0.717) is 5.26 Å². The standard InChI is InChI=1S/CH2O3/c2-1-4-3/h1,3H/p+1/i/hD2. The van der Waals surface area contributed by atoms with Gasteiger partial charge in [0.25, 0.3) is 0 Å². The van der Waals surface area contributed by atoms with Gasteiger partial charge in [0.15, 0.2) is 0 Å². The highest BCUT2D eigenvalue weighted by Gasteiger charge is 1.53. The molecule has 24 valence electrons. The molecule has 0 fully saturated rings. The van der Waals surface area contributed by atoms with Crippen molar-refractivity contribution in [3.05, 3.63) is 0 Å². The first-order valence-electron chi connectivity index (χ1n) is 1.45. The monoisotopic (exact) mass is 65.0 g/mol. The third-order valence-corrected chi connectivity index (χ3v) is 0.0393. The van der Waals surface area contributed by atoms with Crippen LogP contribution in [0.3, 0.4) is 0 Å². The second-order valence-corrected chi connectivity index (χ2v) is 0.192. The molecule has 0 aromatic carbocycles. The van der Waals surface area contributed by atoms with Gasteiger partial charge >= 0.3 is 9.33 Å². The second-order valence-electron chi connectivity index (χ2n) is 0.192. The third-order valence-electron chi connectivity index (χ3n) is 0.0393. The minimum Gasteiger partial charge on any atom is -0.247 e. The van der Waals surface area contributed by atoms with Crippen molar-refractivity contribution in [3.63, 3.8) is 0 Å². The predicted molar refractivity (Wildman–Crippen MR) is 10.8 cm³/mol. The molecule has 0 aliphatic heterocycles. The van der Waals surface area contributed by atoms with E-state index in [1.54, 1.807) is 0 Å². The highest BCUT2D eigenvalue weighted by molar-refractivity contribution is 5.35. The van der Waals surface area contributed by atoms with Gasteiger partial charge in [0, 0.05) is 0 Å². The van der Waals surface area contributed by atoms with E-state index in [-0.39, 0.29) is 6.47 Å². The lowest BCUT2D eigenvalue weighted by atomic mass is 11.7. The minimum atomic E-state index is -0.0370. The Morgan fingerprint density at radius 2 is 3.25 bits per heavy atom. The average Bonchev–Trinajstić information content (AvgIpc) is 1.35. The summed E-state index contributed by atoms with van der Waals surface area (Å²) in [5, 5.41) is 0.454. The van der Waals surface area contributed by atoms with Gasteiger partial charge in [-0.3, -0.25) is 0 Å². The molecule has 0 saturated carbocycles. The first kappa shape index (κ1) is 1.03. The Balaban J connectivity index is 2.81. The first-order valence-corrected chi connectivity index (χ1v) is 0.638. The van der Waals surface area contributed by atoms with Crippen molar-refractivity contribution in [3.8, 4) is 0 Å². The molecule has 0 radical (unpaired) electrons. The van der Waals surface area contributed by atoms with Crippen molar-refractivity contribution < 1.29 is 14.9 Å². The fourth-order valence-corrected chi connectivity index (χ4v) is 0. The molecule has 3 heteroatoms. The fourth-order valence-electron chi connectivity index (χ4n) is 0. The Hall–Kier alpha value is -0.570. The lowest BCUT2D eigenvalue weighted by Gasteiger charge is -1.57. The van der Waals surface area contributed by atoms with Crippen LogP contribution in [-0.4, -0.2) is 14.6 Å². The molecule has 0 amide bonds. The summed E-state index contributed by atoms with van der Waals surface area (Å²) in [4.78, 5) is 12.5. The van der Waals surface area contributed by atoms with Crippen molar-refractivity contribution in [1.82, 2.24) is 0 Å². The van der Waals surface area contributed by atoms with Crippen LogP contribution in [0, 0.1) is 0 Å². The molecule has 2 N–H and O–H groups in total. The van der Waals surface area contributed by atoms with Gasteiger partial charge in [-0.2, -0.15) is 4.89 Å². The minimum absolute atomic E-state index is 0.0370. The van der Waals surface area contributed by atoms with Crippen LogP contribution in [0.5, 0.6) is 0 Å². The van der Waals surface area contributed by atoms with Crippen LogP contribution in [0.25, 0.3) is 0 Å². The summed E-state index contributed by atoms with van der Waals surface area (Å²) in [5.74, 6) is 0. The summed E-state index contributed by atoms with van der Waals surface area (Å²) in [6.45, 7) is -0.0370. The molecule has 4 heavy (non-hydrogen) atoms. The SMILES string of the molecule is [2H][O+]([2H])OC=O. The third kappa shape index (κ3) is 1.43. The second kappa shape index (κ2) is 2.43. The molecule has 0 rings (SSSR count). The topological polar surface area (TPSA) is 49.2 Å². The number of hydrogen-bond donors (Lipinski definition) is 0. The largest absolute Gasteiger partial charge is 0.555 e. The molecule has 0 atom stereocenters. The van der Waals surface area contributed by atoms with E-state index in [1.807, 2.05) is 0 Å². The fraction of sp³-hybridized carbons (Fsp3) is 0. The summed E-state index contributed by atoms with van der Waals surface area (Å²) in [6.07, 6.45) is 0. The van der Waals surface area contributed by atoms with Gasteiger partial charge in [-0.15, -0.1) is 0 Å². The molecule has 0 aromatic heterocycles.